The van der Waals surface area contributed by atoms with E-state index in [1.165, 1.54) is 6.07 Å². The van der Waals surface area contributed by atoms with Gasteiger partial charge in [-0.05, 0) is 18.2 Å². The summed E-state index contributed by atoms with van der Waals surface area (Å²) in [4.78, 5) is 11.2. The van der Waals surface area contributed by atoms with Crippen LogP contribution in [0.4, 0.5) is 0 Å². The summed E-state index contributed by atoms with van der Waals surface area (Å²) in [5, 5.41) is 2.50. The second-order valence-corrected chi connectivity index (χ2v) is 4.06. The molecular weight excluding hydrogens is 272 g/mol. The van der Waals surface area contributed by atoms with Crippen LogP contribution in [0.2, 0.25) is 0 Å². The molecule has 2 heterocycles. The Morgan fingerprint density at radius 3 is 2.75 bits per heavy atom. The minimum Gasteiger partial charge on any atom is -0.464 e. The van der Waals surface area contributed by atoms with E-state index in [1.807, 2.05) is 12.1 Å². The molecule has 2 aromatic heterocycles. The smallest absolute Gasteiger partial charge is 0.336 e. The molecule has 0 aliphatic heterocycles. The predicted octanol–water partition coefficient (Wildman–Crippen LogP) is 3.43. The van der Waals surface area contributed by atoms with E-state index in [4.69, 9.17) is 8.83 Å². The zero-order valence-corrected chi connectivity index (χ0v) is 9.78. The van der Waals surface area contributed by atoms with Gasteiger partial charge >= 0.3 is 5.63 Å². The first kappa shape index (κ1) is 9.66. The molecule has 3 aromatic rings. The molecule has 0 saturated carbocycles. The van der Waals surface area contributed by atoms with Crippen molar-refractivity contribution in [2.24, 2.45) is 0 Å². The molecule has 0 bridgehead atoms. The maximum Gasteiger partial charge on any atom is 0.336 e. The van der Waals surface area contributed by atoms with Crippen molar-refractivity contribution in [3.05, 3.63) is 46.5 Å². The van der Waals surface area contributed by atoms with Crippen molar-refractivity contribution in [3.8, 4) is 0 Å². The van der Waals surface area contributed by atoms with Crippen LogP contribution in [0.1, 0.15) is 5.56 Å². The van der Waals surface area contributed by atoms with Crippen LogP contribution in [0.15, 0.2) is 44.2 Å². The summed E-state index contributed by atoms with van der Waals surface area (Å²) >= 11 is 3.39. The summed E-state index contributed by atoms with van der Waals surface area (Å²) < 4.78 is 10.6. The van der Waals surface area contributed by atoms with Crippen LogP contribution in [-0.2, 0) is 5.33 Å². The van der Waals surface area contributed by atoms with E-state index >= 15 is 0 Å². The lowest BCUT2D eigenvalue weighted by Crippen LogP contribution is -1.96. The Hall–Kier alpha value is -1.55. The number of benzene rings is 1. The van der Waals surface area contributed by atoms with Gasteiger partial charge in [0.25, 0.3) is 0 Å². The van der Waals surface area contributed by atoms with Gasteiger partial charge in [-0.3, -0.25) is 0 Å². The molecule has 0 atom stereocenters. The van der Waals surface area contributed by atoms with E-state index in [9.17, 15) is 4.79 Å². The largest absolute Gasteiger partial charge is 0.464 e. The van der Waals surface area contributed by atoms with Crippen LogP contribution >= 0.6 is 15.9 Å². The van der Waals surface area contributed by atoms with Gasteiger partial charge in [-0.1, -0.05) is 15.9 Å². The van der Waals surface area contributed by atoms with Gasteiger partial charge in [-0.15, -0.1) is 0 Å². The summed E-state index contributed by atoms with van der Waals surface area (Å²) in [5.74, 6) is 0. The molecule has 0 N–H and O–H groups in total. The molecule has 0 spiro atoms. The third-order valence-electron chi connectivity index (χ3n) is 2.55. The molecule has 0 aliphatic rings. The number of alkyl halides is 1. The average molecular weight is 279 g/mol. The molecule has 16 heavy (non-hydrogen) atoms. The van der Waals surface area contributed by atoms with E-state index < -0.39 is 0 Å². The lowest BCUT2D eigenvalue weighted by Gasteiger charge is -2.02. The first-order chi connectivity index (χ1) is 7.79. The van der Waals surface area contributed by atoms with E-state index in [2.05, 4.69) is 15.9 Å². The van der Waals surface area contributed by atoms with E-state index in [1.54, 1.807) is 12.3 Å². The Morgan fingerprint density at radius 2 is 1.94 bits per heavy atom. The van der Waals surface area contributed by atoms with Crippen LogP contribution in [0.5, 0.6) is 0 Å². The fourth-order valence-electron chi connectivity index (χ4n) is 1.85. The van der Waals surface area contributed by atoms with Gasteiger partial charge in [0.2, 0.25) is 0 Å². The van der Waals surface area contributed by atoms with Crippen molar-refractivity contribution in [2.45, 2.75) is 5.33 Å². The van der Waals surface area contributed by atoms with Crippen molar-refractivity contribution in [3.63, 3.8) is 0 Å². The molecule has 4 heteroatoms. The first-order valence-corrected chi connectivity index (χ1v) is 5.90. The fraction of sp³-hybridized carbons (Fsp3) is 0.0833. The topological polar surface area (TPSA) is 43.4 Å². The van der Waals surface area contributed by atoms with E-state index in [0.29, 0.717) is 10.9 Å². The van der Waals surface area contributed by atoms with Gasteiger partial charge in [0.15, 0.2) is 0 Å². The number of halogens is 1. The monoisotopic (exact) mass is 278 g/mol. The predicted molar refractivity (Wildman–Crippen MR) is 64.9 cm³/mol. The van der Waals surface area contributed by atoms with Gasteiger partial charge in [-0.2, -0.15) is 0 Å². The van der Waals surface area contributed by atoms with Crippen LogP contribution in [0, 0.1) is 0 Å². The van der Waals surface area contributed by atoms with Crippen LogP contribution in [0.3, 0.4) is 0 Å². The summed E-state index contributed by atoms with van der Waals surface area (Å²) in [7, 11) is 0. The zero-order chi connectivity index (χ0) is 11.1. The maximum atomic E-state index is 11.2. The molecular formula is C12H7BrO3. The van der Waals surface area contributed by atoms with Crippen LogP contribution in [-0.4, -0.2) is 0 Å². The van der Waals surface area contributed by atoms with E-state index in [-0.39, 0.29) is 5.63 Å². The number of hydrogen-bond acceptors (Lipinski definition) is 3. The van der Waals surface area contributed by atoms with Crippen molar-refractivity contribution < 1.29 is 8.83 Å². The van der Waals surface area contributed by atoms with E-state index in [0.717, 1.165) is 21.9 Å². The molecule has 0 aliphatic carbocycles. The third-order valence-corrected chi connectivity index (χ3v) is 3.11. The zero-order valence-electron chi connectivity index (χ0n) is 8.20. The number of hydrogen-bond donors (Lipinski definition) is 0. The lowest BCUT2D eigenvalue weighted by molar-refractivity contribution is 0.556. The quantitative estimate of drug-likeness (QED) is 0.506. The Labute approximate surface area is 98.8 Å². The van der Waals surface area contributed by atoms with Gasteiger partial charge in [0, 0.05) is 27.7 Å². The highest BCUT2D eigenvalue weighted by Crippen LogP contribution is 2.29. The van der Waals surface area contributed by atoms with Crippen LogP contribution < -0.4 is 5.63 Å². The molecule has 0 saturated heterocycles. The Morgan fingerprint density at radius 1 is 1.12 bits per heavy atom. The Balaban J connectivity index is 2.60. The number of rotatable bonds is 1. The number of furan rings is 1. The number of fused-ring (bicyclic) bond motifs is 2. The average Bonchev–Trinajstić information content (AvgIpc) is 2.73. The molecule has 0 fully saturated rings. The molecule has 0 amide bonds. The first-order valence-electron chi connectivity index (χ1n) is 4.78. The Kier molecular flexibility index (Phi) is 2.11. The Bertz CT molecular complexity index is 724. The van der Waals surface area contributed by atoms with Crippen molar-refractivity contribution in [1.29, 1.82) is 0 Å². The molecule has 3 rings (SSSR count). The summed E-state index contributed by atoms with van der Waals surface area (Å²) in [6.07, 6.45) is 1.63. The van der Waals surface area contributed by atoms with Crippen molar-refractivity contribution in [1.82, 2.24) is 0 Å². The molecule has 80 valence electrons. The second kappa shape index (κ2) is 3.49. The van der Waals surface area contributed by atoms with Gasteiger partial charge in [0.1, 0.15) is 11.2 Å². The lowest BCUT2D eigenvalue weighted by atomic mass is 10.1. The van der Waals surface area contributed by atoms with Gasteiger partial charge < -0.3 is 8.83 Å². The summed E-state index contributed by atoms with van der Waals surface area (Å²) in [6, 6.07) is 7.03. The third kappa shape index (κ3) is 1.30. The SMILES string of the molecule is O=c1ccc2cc3ccoc3c(CBr)c2o1. The highest BCUT2D eigenvalue weighted by Gasteiger charge is 2.11. The fourth-order valence-corrected chi connectivity index (χ4v) is 2.36. The molecule has 3 nitrogen and oxygen atoms in total. The molecule has 0 radical (unpaired) electrons. The van der Waals surface area contributed by atoms with Crippen LogP contribution in [0.25, 0.3) is 21.9 Å². The highest BCUT2D eigenvalue weighted by atomic mass is 79.9. The summed E-state index contributed by atoms with van der Waals surface area (Å²) in [5.41, 5.74) is 1.88. The maximum absolute atomic E-state index is 11.2. The minimum atomic E-state index is -0.347. The molecule has 0 unspecified atom stereocenters. The normalized spacial score (nSPS) is 11.3. The minimum absolute atomic E-state index is 0.347. The summed E-state index contributed by atoms with van der Waals surface area (Å²) in [6.45, 7) is 0. The molecule has 1 aromatic carbocycles. The van der Waals surface area contributed by atoms with Crippen molar-refractivity contribution >= 4 is 37.9 Å². The van der Waals surface area contributed by atoms with Crippen molar-refractivity contribution in [2.75, 3.05) is 0 Å². The van der Waals surface area contributed by atoms with Gasteiger partial charge in [0.05, 0.1) is 6.26 Å². The van der Waals surface area contributed by atoms with Gasteiger partial charge in [-0.25, -0.2) is 4.79 Å². The standard InChI is InChI=1S/C12H7BrO3/c13-6-9-11-8(3-4-15-11)5-7-1-2-10(14)16-12(7)9/h1-5H,6H2. The second-order valence-electron chi connectivity index (χ2n) is 3.50. The highest BCUT2D eigenvalue weighted by molar-refractivity contribution is 9.08.